The van der Waals surface area contributed by atoms with Crippen molar-refractivity contribution in [2.45, 2.75) is 19.5 Å². The molecule has 0 radical (unpaired) electrons. The van der Waals surface area contributed by atoms with E-state index in [1.807, 2.05) is 0 Å². The van der Waals surface area contributed by atoms with Crippen LogP contribution < -0.4 is 0 Å². The molecule has 9 heteroatoms. The van der Waals surface area contributed by atoms with Crippen molar-refractivity contribution >= 4 is 5.97 Å². The molecule has 0 atom stereocenters. The van der Waals surface area contributed by atoms with Crippen molar-refractivity contribution in [1.82, 2.24) is 4.98 Å². The van der Waals surface area contributed by atoms with Gasteiger partial charge in [0.05, 0.1) is 17.7 Å². The minimum atomic E-state index is -5.08. The van der Waals surface area contributed by atoms with Crippen molar-refractivity contribution in [3.8, 4) is 6.07 Å². The molecular weight excluding hydrogens is 287 g/mol. The number of carbonyl (C=O) groups excluding carboxylic acids is 1. The minimum absolute atomic E-state index is 0.162. The van der Waals surface area contributed by atoms with Gasteiger partial charge in [-0.05, 0) is 13.0 Å². The minimum Gasteiger partial charge on any atom is -0.462 e. The summed E-state index contributed by atoms with van der Waals surface area (Å²) in [6, 6.07) is 1.58. The van der Waals surface area contributed by atoms with Gasteiger partial charge in [-0.3, -0.25) is 0 Å². The number of esters is 1. The Bertz CT molecular complexity index is 563. The number of nitriles is 1. The van der Waals surface area contributed by atoms with Crippen LogP contribution in [-0.4, -0.2) is 17.6 Å². The van der Waals surface area contributed by atoms with Crippen LogP contribution in [-0.2, 0) is 10.9 Å². The lowest BCUT2D eigenvalue weighted by Gasteiger charge is -2.13. The van der Waals surface area contributed by atoms with Gasteiger partial charge in [0, 0.05) is 0 Å². The molecule has 1 aromatic rings. The van der Waals surface area contributed by atoms with E-state index in [0.717, 1.165) is 0 Å². The summed E-state index contributed by atoms with van der Waals surface area (Å²) >= 11 is 0. The first-order valence-electron chi connectivity index (χ1n) is 5.19. The van der Waals surface area contributed by atoms with Gasteiger partial charge in [-0.2, -0.15) is 18.4 Å². The normalized spacial score (nSPS) is 11.3. The van der Waals surface area contributed by atoms with Gasteiger partial charge in [-0.1, -0.05) is 0 Å². The zero-order valence-corrected chi connectivity index (χ0v) is 9.96. The average Bonchev–Trinajstić information content (AvgIpc) is 2.36. The monoisotopic (exact) mass is 294 g/mol. The van der Waals surface area contributed by atoms with E-state index in [9.17, 15) is 26.7 Å². The lowest BCUT2D eigenvalue weighted by Crippen LogP contribution is -2.17. The van der Waals surface area contributed by atoms with Gasteiger partial charge < -0.3 is 4.74 Å². The highest BCUT2D eigenvalue weighted by atomic mass is 19.4. The summed E-state index contributed by atoms with van der Waals surface area (Å²) in [5.41, 5.74) is -5.01. The van der Waals surface area contributed by atoms with Gasteiger partial charge in [0.15, 0.2) is 5.69 Å². The van der Waals surface area contributed by atoms with E-state index in [-0.39, 0.29) is 6.61 Å². The predicted molar refractivity (Wildman–Crippen MR) is 54.9 cm³/mol. The average molecular weight is 294 g/mol. The molecule has 0 fully saturated rings. The molecule has 0 saturated heterocycles. The summed E-state index contributed by atoms with van der Waals surface area (Å²) in [4.78, 5) is 14.1. The van der Waals surface area contributed by atoms with Crippen LogP contribution in [0.5, 0.6) is 0 Å². The van der Waals surface area contributed by atoms with E-state index in [2.05, 4.69) is 9.72 Å². The van der Waals surface area contributed by atoms with Gasteiger partial charge in [-0.25, -0.2) is 18.6 Å². The van der Waals surface area contributed by atoms with Crippen molar-refractivity contribution in [1.29, 1.82) is 5.26 Å². The number of ether oxygens (including phenoxy) is 1. The molecule has 1 aromatic heterocycles. The van der Waals surface area contributed by atoms with Crippen LogP contribution in [0, 0.1) is 11.3 Å². The maximum absolute atomic E-state index is 12.7. The van der Waals surface area contributed by atoms with Crippen molar-refractivity contribution in [3.05, 3.63) is 28.6 Å². The number of nitrogens with zero attached hydrogens (tertiary/aromatic N) is 2. The Morgan fingerprint density at radius 2 is 2.10 bits per heavy atom. The van der Waals surface area contributed by atoms with Crippen LogP contribution in [0.1, 0.15) is 40.7 Å². The number of aromatic nitrogens is 1. The number of pyridine rings is 1. The van der Waals surface area contributed by atoms with E-state index in [1.165, 1.54) is 13.0 Å². The Kier molecular flexibility index (Phi) is 4.60. The third kappa shape index (κ3) is 3.20. The highest BCUT2D eigenvalue weighted by Gasteiger charge is 2.38. The number of rotatable bonds is 3. The molecule has 0 aliphatic carbocycles. The molecule has 0 amide bonds. The summed E-state index contributed by atoms with van der Waals surface area (Å²) in [5, 5.41) is 8.62. The quantitative estimate of drug-likeness (QED) is 0.635. The smallest absolute Gasteiger partial charge is 0.434 e. The van der Waals surface area contributed by atoms with Crippen molar-refractivity contribution in [2.24, 2.45) is 0 Å². The first kappa shape index (κ1) is 15.8. The lowest BCUT2D eigenvalue weighted by molar-refractivity contribution is -0.141. The highest BCUT2D eigenvalue weighted by molar-refractivity contribution is 5.91. The van der Waals surface area contributed by atoms with E-state index < -0.39 is 41.1 Å². The summed E-state index contributed by atoms with van der Waals surface area (Å²) in [5.74, 6) is -1.26. The molecule has 0 aliphatic heterocycles. The van der Waals surface area contributed by atoms with Gasteiger partial charge >= 0.3 is 12.1 Å². The Morgan fingerprint density at radius 3 is 2.50 bits per heavy atom. The molecule has 1 rings (SSSR count). The second-order valence-electron chi connectivity index (χ2n) is 3.45. The third-order valence-corrected chi connectivity index (χ3v) is 2.14. The molecule has 108 valence electrons. The number of alkyl halides is 5. The number of hydrogen-bond donors (Lipinski definition) is 0. The Balaban J connectivity index is 3.55. The predicted octanol–water partition coefficient (Wildman–Crippen LogP) is 3.09. The Hall–Kier alpha value is -2.24. The molecule has 1 heterocycles. The van der Waals surface area contributed by atoms with Gasteiger partial charge in [0.1, 0.15) is 11.8 Å². The Morgan fingerprint density at radius 1 is 1.50 bits per heavy atom. The molecule has 20 heavy (non-hydrogen) atoms. The number of halogens is 5. The molecule has 0 saturated carbocycles. The first-order valence-corrected chi connectivity index (χ1v) is 5.19. The first-order chi connectivity index (χ1) is 9.22. The molecule has 0 spiro atoms. The summed E-state index contributed by atoms with van der Waals surface area (Å²) in [6.07, 6.45) is -8.50. The van der Waals surface area contributed by atoms with Gasteiger partial charge in [0.25, 0.3) is 6.43 Å². The fourth-order valence-electron chi connectivity index (χ4n) is 1.37. The molecule has 0 unspecified atom stereocenters. The van der Waals surface area contributed by atoms with Crippen LogP contribution >= 0.6 is 0 Å². The molecular formula is C11H7F5N2O2. The van der Waals surface area contributed by atoms with Crippen molar-refractivity contribution < 1.29 is 31.5 Å². The van der Waals surface area contributed by atoms with Crippen LogP contribution in [0.2, 0.25) is 0 Å². The molecule has 0 aromatic carbocycles. The van der Waals surface area contributed by atoms with E-state index in [1.54, 1.807) is 0 Å². The van der Waals surface area contributed by atoms with Crippen molar-refractivity contribution in [3.63, 3.8) is 0 Å². The second kappa shape index (κ2) is 5.81. The van der Waals surface area contributed by atoms with Gasteiger partial charge in [-0.15, -0.1) is 0 Å². The SMILES string of the molecule is CCOC(=O)c1cc(C#N)c(C(F)(F)F)nc1C(F)F. The third-order valence-electron chi connectivity index (χ3n) is 2.14. The van der Waals surface area contributed by atoms with Crippen LogP contribution in [0.15, 0.2) is 6.07 Å². The number of carbonyl (C=O) groups is 1. The summed E-state index contributed by atoms with van der Waals surface area (Å²) < 4.78 is 67.6. The molecule has 4 nitrogen and oxygen atoms in total. The maximum Gasteiger partial charge on any atom is 0.434 e. The van der Waals surface area contributed by atoms with E-state index in [4.69, 9.17) is 5.26 Å². The van der Waals surface area contributed by atoms with Gasteiger partial charge in [0.2, 0.25) is 0 Å². The zero-order valence-electron chi connectivity index (χ0n) is 9.96. The van der Waals surface area contributed by atoms with Crippen LogP contribution in [0.25, 0.3) is 0 Å². The van der Waals surface area contributed by atoms with Crippen LogP contribution in [0.4, 0.5) is 22.0 Å². The molecule has 0 N–H and O–H groups in total. The Labute approximate surface area is 109 Å². The molecule has 0 aliphatic rings. The topological polar surface area (TPSA) is 63.0 Å². The largest absolute Gasteiger partial charge is 0.462 e. The van der Waals surface area contributed by atoms with E-state index in [0.29, 0.717) is 6.07 Å². The summed E-state index contributed by atoms with van der Waals surface area (Å²) in [6.45, 7) is 1.23. The fraction of sp³-hybridized carbons (Fsp3) is 0.364. The maximum atomic E-state index is 12.7. The fourth-order valence-corrected chi connectivity index (χ4v) is 1.37. The van der Waals surface area contributed by atoms with Crippen LogP contribution in [0.3, 0.4) is 0 Å². The summed E-state index contributed by atoms with van der Waals surface area (Å²) in [7, 11) is 0. The second-order valence-corrected chi connectivity index (χ2v) is 3.45. The highest BCUT2D eigenvalue weighted by Crippen LogP contribution is 2.33. The van der Waals surface area contributed by atoms with E-state index >= 15 is 0 Å². The lowest BCUT2D eigenvalue weighted by atomic mass is 10.1. The van der Waals surface area contributed by atoms with Crippen molar-refractivity contribution in [2.75, 3.05) is 6.61 Å². The standard InChI is InChI=1S/C11H7F5N2O2/c1-2-20-10(19)6-3-5(4-17)8(11(14,15)16)18-7(6)9(12)13/h3,9H,2H2,1H3. The molecule has 0 bridgehead atoms. The zero-order chi connectivity index (χ0) is 15.5. The number of hydrogen-bond acceptors (Lipinski definition) is 4.